The van der Waals surface area contributed by atoms with Gasteiger partial charge in [-0.15, -0.1) is 0 Å². The van der Waals surface area contributed by atoms with Crippen LogP contribution in [0.3, 0.4) is 0 Å². The molecule has 0 unspecified atom stereocenters. The molecule has 1 aromatic heterocycles. The van der Waals surface area contributed by atoms with Crippen LogP contribution in [0.1, 0.15) is 36.7 Å². The SMILES string of the molecule is CC(C)c1nc(N)nc2c1CS(=O)(=O)CC2. The van der Waals surface area contributed by atoms with Gasteiger partial charge in [0, 0.05) is 12.0 Å². The minimum atomic E-state index is -2.99. The van der Waals surface area contributed by atoms with E-state index in [0.29, 0.717) is 6.42 Å². The fraction of sp³-hybridized carbons (Fsp3) is 0.600. The molecule has 0 fully saturated rings. The maximum atomic E-state index is 11.6. The van der Waals surface area contributed by atoms with Crippen LogP contribution in [0.5, 0.6) is 0 Å². The average molecular weight is 241 g/mol. The van der Waals surface area contributed by atoms with E-state index in [1.807, 2.05) is 13.8 Å². The van der Waals surface area contributed by atoms with E-state index < -0.39 is 9.84 Å². The second kappa shape index (κ2) is 3.69. The lowest BCUT2D eigenvalue weighted by atomic mass is 10.0. The quantitative estimate of drug-likeness (QED) is 0.780. The Morgan fingerprint density at radius 3 is 2.62 bits per heavy atom. The first-order chi connectivity index (χ1) is 7.39. The molecule has 5 nitrogen and oxygen atoms in total. The third-order valence-electron chi connectivity index (χ3n) is 2.70. The van der Waals surface area contributed by atoms with Crippen LogP contribution in [0.4, 0.5) is 5.95 Å². The van der Waals surface area contributed by atoms with Gasteiger partial charge in [0.15, 0.2) is 9.84 Å². The summed E-state index contributed by atoms with van der Waals surface area (Å²) >= 11 is 0. The van der Waals surface area contributed by atoms with Crippen LogP contribution in [0, 0.1) is 0 Å². The van der Waals surface area contributed by atoms with Gasteiger partial charge in [-0.2, -0.15) is 0 Å². The molecule has 88 valence electrons. The van der Waals surface area contributed by atoms with Crippen molar-refractivity contribution in [3.8, 4) is 0 Å². The van der Waals surface area contributed by atoms with Gasteiger partial charge in [-0.05, 0) is 5.92 Å². The molecule has 0 bridgehead atoms. The Balaban J connectivity index is 2.60. The molecule has 2 N–H and O–H groups in total. The highest BCUT2D eigenvalue weighted by atomic mass is 32.2. The molecule has 0 aromatic carbocycles. The molecule has 1 aliphatic rings. The average Bonchev–Trinajstić information content (AvgIpc) is 2.16. The predicted octanol–water partition coefficient (Wildman–Crippen LogP) is 0.653. The van der Waals surface area contributed by atoms with E-state index in [-0.39, 0.29) is 23.4 Å². The summed E-state index contributed by atoms with van der Waals surface area (Å²) in [6.07, 6.45) is 0.449. The van der Waals surface area contributed by atoms with E-state index in [1.54, 1.807) is 0 Å². The van der Waals surface area contributed by atoms with Gasteiger partial charge in [-0.1, -0.05) is 13.8 Å². The molecular weight excluding hydrogens is 226 g/mol. The number of hydrogen-bond donors (Lipinski definition) is 1. The molecule has 0 saturated heterocycles. The van der Waals surface area contributed by atoms with Crippen LogP contribution < -0.4 is 5.73 Å². The summed E-state index contributed by atoms with van der Waals surface area (Å²) in [5, 5.41) is 0. The third-order valence-corrected chi connectivity index (χ3v) is 4.26. The van der Waals surface area contributed by atoms with Crippen molar-refractivity contribution in [1.29, 1.82) is 0 Å². The highest BCUT2D eigenvalue weighted by Gasteiger charge is 2.26. The van der Waals surface area contributed by atoms with E-state index in [1.165, 1.54) is 0 Å². The lowest BCUT2D eigenvalue weighted by Gasteiger charge is -2.20. The van der Waals surface area contributed by atoms with E-state index in [9.17, 15) is 8.42 Å². The highest BCUT2D eigenvalue weighted by molar-refractivity contribution is 7.90. The molecule has 0 amide bonds. The van der Waals surface area contributed by atoms with Gasteiger partial charge in [-0.25, -0.2) is 18.4 Å². The number of aromatic nitrogens is 2. The van der Waals surface area contributed by atoms with Crippen molar-refractivity contribution in [2.24, 2.45) is 0 Å². The second-order valence-electron chi connectivity index (χ2n) is 4.39. The lowest BCUT2D eigenvalue weighted by Crippen LogP contribution is -2.23. The highest BCUT2D eigenvalue weighted by Crippen LogP contribution is 2.26. The van der Waals surface area contributed by atoms with Crippen molar-refractivity contribution in [3.63, 3.8) is 0 Å². The fourth-order valence-electron chi connectivity index (χ4n) is 1.96. The number of aryl methyl sites for hydroxylation is 1. The number of anilines is 1. The lowest BCUT2D eigenvalue weighted by molar-refractivity contribution is 0.589. The van der Waals surface area contributed by atoms with Gasteiger partial charge < -0.3 is 5.73 Å². The van der Waals surface area contributed by atoms with Crippen LogP contribution in [0.25, 0.3) is 0 Å². The Labute approximate surface area is 95.0 Å². The number of fused-ring (bicyclic) bond motifs is 1. The zero-order valence-electron chi connectivity index (χ0n) is 9.40. The number of nitrogens with two attached hydrogens (primary N) is 1. The Morgan fingerprint density at radius 1 is 1.31 bits per heavy atom. The molecular formula is C10H15N3O2S. The first-order valence-corrected chi connectivity index (χ1v) is 7.07. The Kier molecular flexibility index (Phi) is 2.61. The molecule has 2 rings (SSSR count). The Bertz CT molecular complexity index is 523. The van der Waals surface area contributed by atoms with Crippen LogP contribution >= 0.6 is 0 Å². The largest absolute Gasteiger partial charge is 0.368 e. The topological polar surface area (TPSA) is 85.9 Å². The summed E-state index contributed by atoms with van der Waals surface area (Å²) in [6, 6.07) is 0. The van der Waals surface area contributed by atoms with E-state index in [4.69, 9.17) is 5.73 Å². The van der Waals surface area contributed by atoms with Crippen LogP contribution in [0.15, 0.2) is 0 Å². The standard InChI is InChI=1S/C10H15N3O2S/c1-6(2)9-7-5-16(14,15)4-3-8(7)12-10(11)13-9/h6H,3-5H2,1-2H3,(H2,11,12,13). The molecule has 16 heavy (non-hydrogen) atoms. The minimum Gasteiger partial charge on any atom is -0.368 e. The second-order valence-corrected chi connectivity index (χ2v) is 6.57. The summed E-state index contributed by atoms with van der Waals surface area (Å²) in [5.41, 5.74) is 7.94. The summed E-state index contributed by atoms with van der Waals surface area (Å²) in [7, 11) is -2.99. The van der Waals surface area contributed by atoms with Gasteiger partial charge in [0.2, 0.25) is 5.95 Å². The van der Waals surface area contributed by atoms with Crippen LogP contribution in [-0.4, -0.2) is 24.1 Å². The Hall–Kier alpha value is -1.17. The van der Waals surface area contributed by atoms with Crippen molar-refractivity contribution >= 4 is 15.8 Å². The third kappa shape index (κ3) is 2.02. The van der Waals surface area contributed by atoms with E-state index in [2.05, 4.69) is 9.97 Å². The smallest absolute Gasteiger partial charge is 0.220 e. The monoisotopic (exact) mass is 241 g/mol. The fourth-order valence-corrected chi connectivity index (χ4v) is 3.36. The zero-order valence-corrected chi connectivity index (χ0v) is 10.2. The Morgan fingerprint density at radius 2 is 2.00 bits per heavy atom. The summed E-state index contributed by atoms with van der Waals surface area (Å²) < 4.78 is 23.2. The van der Waals surface area contributed by atoms with Crippen LogP contribution in [0.2, 0.25) is 0 Å². The van der Waals surface area contributed by atoms with Crippen molar-refractivity contribution in [2.75, 3.05) is 11.5 Å². The van der Waals surface area contributed by atoms with Gasteiger partial charge in [0.05, 0.1) is 22.9 Å². The normalized spacial score (nSPS) is 18.4. The molecule has 0 atom stereocenters. The number of sulfone groups is 1. The summed E-state index contributed by atoms with van der Waals surface area (Å²) in [4.78, 5) is 8.28. The van der Waals surface area contributed by atoms with E-state index in [0.717, 1.165) is 17.0 Å². The molecule has 0 radical (unpaired) electrons. The summed E-state index contributed by atoms with van der Waals surface area (Å²) in [6.45, 7) is 3.95. The molecule has 0 spiro atoms. The molecule has 2 heterocycles. The van der Waals surface area contributed by atoms with Crippen LogP contribution in [-0.2, 0) is 22.0 Å². The van der Waals surface area contributed by atoms with Crippen molar-refractivity contribution in [3.05, 3.63) is 17.0 Å². The van der Waals surface area contributed by atoms with Crippen molar-refractivity contribution in [1.82, 2.24) is 9.97 Å². The van der Waals surface area contributed by atoms with Gasteiger partial charge in [0.1, 0.15) is 0 Å². The number of hydrogen-bond acceptors (Lipinski definition) is 5. The maximum Gasteiger partial charge on any atom is 0.220 e. The number of nitrogen functional groups attached to an aromatic ring is 1. The predicted molar refractivity (Wildman–Crippen MR) is 61.7 cm³/mol. The first-order valence-electron chi connectivity index (χ1n) is 5.24. The maximum absolute atomic E-state index is 11.6. The van der Waals surface area contributed by atoms with E-state index >= 15 is 0 Å². The van der Waals surface area contributed by atoms with Crippen molar-refractivity contribution < 1.29 is 8.42 Å². The number of nitrogens with zero attached hydrogens (tertiary/aromatic N) is 2. The molecule has 1 aliphatic heterocycles. The molecule has 1 aromatic rings. The molecule has 0 saturated carbocycles. The molecule has 6 heteroatoms. The first kappa shape index (κ1) is 11.3. The van der Waals surface area contributed by atoms with Gasteiger partial charge >= 0.3 is 0 Å². The van der Waals surface area contributed by atoms with Crippen molar-refractivity contribution in [2.45, 2.75) is 31.9 Å². The zero-order chi connectivity index (χ0) is 11.9. The van der Waals surface area contributed by atoms with Gasteiger partial charge in [0.25, 0.3) is 0 Å². The van der Waals surface area contributed by atoms with Gasteiger partial charge in [-0.3, -0.25) is 0 Å². The minimum absolute atomic E-state index is 0.0517. The summed E-state index contributed by atoms with van der Waals surface area (Å²) in [5.74, 6) is 0.610. The molecule has 0 aliphatic carbocycles. The number of rotatable bonds is 1.